The van der Waals surface area contributed by atoms with Crippen LogP contribution in [0.4, 0.5) is 0 Å². The first kappa shape index (κ1) is 14.1. The third kappa shape index (κ3) is 3.56. The summed E-state index contributed by atoms with van der Waals surface area (Å²) in [5.41, 5.74) is 0.108. The second-order valence-corrected chi connectivity index (χ2v) is 7.15. The van der Waals surface area contributed by atoms with E-state index in [2.05, 4.69) is 0 Å². The van der Waals surface area contributed by atoms with Gasteiger partial charge in [0.05, 0.1) is 16.2 Å². The van der Waals surface area contributed by atoms with E-state index in [-0.39, 0.29) is 22.1 Å². The highest BCUT2D eigenvalue weighted by Crippen LogP contribution is 2.27. The fourth-order valence-corrected chi connectivity index (χ4v) is 4.26. The summed E-state index contributed by atoms with van der Waals surface area (Å²) in [6.07, 6.45) is 5.37. The third-order valence-corrected chi connectivity index (χ3v) is 5.54. The van der Waals surface area contributed by atoms with E-state index in [9.17, 15) is 13.2 Å². The van der Waals surface area contributed by atoms with Crippen LogP contribution in [0.1, 0.15) is 42.5 Å². The first-order chi connectivity index (χ1) is 8.99. The molecule has 0 unspecified atom stereocenters. The van der Waals surface area contributed by atoms with Crippen LogP contribution in [0.5, 0.6) is 0 Å². The van der Waals surface area contributed by atoms with Crippen molar-refractivity contribution in [2.24, 2.45) is 5.92 Å². The third-order valence-electron chi connectivity index (χ3n) is 3.64. The van der Waals surface area contributed by atoms with Crippen LogP contribution >= 0.6 is 0 Å². The maximum Gasteiger partial charge on any atom is 0.335 e. The number of hydrogen-bond donors (Lipinski definition) is 1. The van der Waals surface area contributed by atoms with Gasteiger partial charge in [-0.3, -0.25) is 0 Å². The van der Waals surface area contributed by atoms with E-state index in [0.29, 0.717) is 0 Å². The second-order valence-electron chi connectivity index (χ2n) is 5.11. The number of aromatic carboxylic acids is 1. The van der Waals surface area contributed by atoms with Gasteiger partial charge in [-0.25, -0.2) is 13.2 Å². The van der Waals surface area contributed by atoms with Crippen molar-refractivity contribution in [2.75, 3.05) is 5.75 Å². The van der Waals surface area contributed by atoms with Gasteiger partial charge < -0.3 is 5.11 Å². The molecule has 0 amide bonds. The van der Waals surface area contributed by atoms with Gasteiger partial charge in [-0.1, -0.05) is 19.3 Å². The van der Waals surface area contributed by atoms with E-state index < -0.39 is 15.8 Å². The van der Waals surface area contributed by atoms with E-state index in [4.69, 9.17) is 5.11 Å². The Morgan fingerprint density at radius 3 is 2.21 bits per heavy atom. The van der Waals surface area contributed by atoms with Crippen LogP contribution in [0.15, 0.2) is 29.2 Å². The van der Waals surface area contributed by atoms with Gasteiger partial charge in [-0.05, 0) is 43.0 Å². The Kier molecular flexibility index (Phi) is 4.24. The van der Waals surface area contributed by atoms with Crippen LogP contribution in [0.3, 0.4) is 0 Å². The zero-order valence-corrected chi connectivity index (χ0v) is 11.5. The molecule has 0 atom stereocenters. The van der Waals surface area contributed by atoms with E-state index in [1.807, 2.05) is 0 Å². The van der Waals surface area contributed by atoms with Gasteiger partial charge >= 0.3 is 5.97 Å². The minimum absolute atomic E-state index is 0.108. The quantitative estimate of drug-likeness (QED) is 0.921. The Hall–Kier alpha value is -1.36. The highest BCUT2D eigenvalue weighted by atomic mass is 32.2. The van der Waals surface area contributed by atoms with Gasteiger partial charge in [0, 0.05) is 0 Å². The van der Waals surface area contributed by atoms with Crippen molar-refractivity contribution in [3.8, 4) is 0 Å². The minimum Gasteiger partial charge on any atom is -0.478 e. The molecule has 0 bridgehead atoms. The first-order valence-corrected chi connectivity index (χ1v) is 8.20. The minimum atomic E-state index is -3.30. The standard InChI is InChI=1S/C14H18O4S/c15-14(16)12-6-8-13(9-7-12)19(17,18)10-11-4-2-1-3-5-11/h6-9,11H,1-5,10H2,(H,15,16). The molecule has 2 rings (SSSR count). The Morgan fingerprint density at radius 1 is 1.11 bits per heavy atom. The molecule has 0 spiro atoms. The van der Waals surface area contributed by atoms with Gasteiger partial charge in [0.1, 0.15) is 0 Å². The number of sulfone groups is 1. The predicted octanol–water partition coefficient (Wildman–Crippen LogP) is 2.74. The van der Waals surface area contributed by atoms with Crippen molar-refractivity contribution >= 4 is 15.8 Å². The summed E-state index contributed by atoms with van der Waals surface area (Å²) in [5.74, 6) is -0.617. The Morgan fingerprint density at radius 2 is 1.68 bits per heavy atom. The summed E-state index contributed by atoms with van der Waals surface area (Å²) >= 11 is 0. The van der Waals surface area contributed by atoms with Crippen LogP contribution in [-0.4, -0.2) is 25.2 Å². The Balaban J connectivity index is 2.12. The Labute approximate surface area is 113 Å². The molecule has 5 heteroatoms. The second kappa shape index (κ2) is 5.74. The molecule has 1 aromatic carbocycles. The van der Waals surface area contributed by atoms with Gasteiger partial charge in [0.2, 0.25) is 0 Å². The molecule has 0 saturated heterocycles. The van der Waals surface area contributed by atoms with Crippen LogP contribution in [0.25, 0.3) is 0 Å². The first-order valence-electron chi connectivity index (χ1n) is 6.55. The van der Waals surface area contributed by atoms with E-state index >= 15 is 0 Å². The van der Waals surface area contributed by atoms with E-state index in [0.717, 1.165) is 25.7 Å². The molecule has 1 fully saturated rings. The molecule has 0 heterocycles. The fourth-order valence-electron chi connectivity index (χ4n) is 2.57. The van der Waals surface area contributed by atoms with E-state index in [1.54, 1.807) is 0 Å². The molecular formula is C14H18O4S. The monoisotopic (exact) mass is 282 g/mol. The maximum atomic E-state index is 12.2. The normalized spacial score (nSPS) is 17.3. The lowest BCUT2D eigenvalue weighted by atomic mass is 9.91. The smallest absolute Gasteiger partial charge is 0.335 e. The topological polar surface area (TPSA) is 71.4 Å². The summed E-state index contributed by atoms with van der Waals surface area (Å²) in [7, 11) is -3.30. The summed E-state index contributed by atoms with van der Waals surface area (Å²) < 4.78 is 24.5. The van der Waals surface area contributed by atoms with Crippen LogP contribution < -0.4 is 0 Å². The molecule has 0 radical (unpaired) electrons. The van der Waals surface area contributed by atoms with Gasteiger partial charge in [-0.15, -0.1) is 0 Å². The predicted molar refractivity (Wildman–Crippen MR) is 72.0 cm³/mol. The lowest BCUT2D eigenvalue weighted by Gasteiger charge is -2.21. The number of rotatable bonds is 4. The molecule has 1 aromatic rings. The van der Waals surface area contributed by atoms with Crippen LogP contribution in [0.2, 0.25) is 0 Å². The molecule has 0 aromatic heterocycles. The van der Waals surface area contributed by atoms with Crippen LogP contribution in [0, 0.1) is 5.92 Å². The summed E-state index contributed by atoms with van der Waals surface area (Å²) in [4.78, 5) is 11.0. The molecule has 0 aliphatic heterocycles. The molecule has 1 aliphatic carbocycles. The maximum absolute atomic E-state index is 12.2. The lowest BCUT2D eigenvalue weighted by Crippen LogP contribution is -2.19. The van der Waals surface area contributed by atoms with Crippen molar-refractivity contribution in [1.29, 1.82) is 0 Å². The number of carboxylic acid groups (broad SMARTS) is 1. The van der Waals surface area contributed by atoms with E-state index in [1.165, 1.54) is 30.7 Å². The summed E-state index contributed by atoms with van der Waals surface area (Å²) in [5, 5.41) is 8.79. The molecule has 19 heavy (non-hydrogen) atoms. The summed E-state index contributed by atoms with van der Waals surface area (Å²) in [6, 6.07) is 5.47. The average Bonchev–Trinajstić information content (AvgIpc) is 2.39. The van der Waals surface area contributed by atoms with Gasteiger partial charge in [0.15, 0.2) is 9.84 Å². The number of hydrogen-bond acceptors (Lipinski definition) is 3. The van der Waals surface area contributed by atoms with Crippen molar-refractivity contribution in [1.82, 2.24) is 0 Å². The highest BCUT2D eigenvalue weighted by Gasteiger charge is 2.23. The lowest BCUT2D eigenvalue weighted by molar-refractivity contribution is 0.0696. The van der Waals surface area contributed by atoms with Crippen LogP contribution in [-0.2, 0) is 9.84 Å². The largest absolute Gasteiger partial charge is 0.478 e. The Bertz CT molecular complexity index is 539. The molecule has 1 N–H and O–H groups in total. The van der Waals surface area contributed by atoms with Crippen molar-refractivity contribution in [3.05, 3.63) is 29.8 Å². The van der Waals surface area contributed by atoms with Crippen molar-refractivity contribution in [3.63, 3.8) is 0 Å². The van der Waals surface area contributed by atoms with Gasteiger partial charge in [0.25, 0.3) is 0 Å². The average molecular weight is 282 g/mol. The number of carboxylic acids is 1. The molecule has 1 aliphatic rings. The zero-order chi connectivity index (χ0) is 13.9. The molecule has 4 nitrogen and oxygen atoms in total. The summed E-state index contributed by atoms with van der Waals surface area (Å²) in [6.45, 7) is 0. The van der Waals surface area contributed by atoms with Gasteiger partial charge in [-0.2, -0.15) is 0 Å². The molecule has 104 valence electrons. The zero-order valence-electron chi connectivity index (χ0n) is 10.7. The molecular weight excluding hydrogens is 264 g/mol. The fraction of sp³-hybridized carbons (Fsp3) is 0.500. The number of carbonyl (C=O) groups is 1. The number of benzene rings is 1. The van der Waals surface area contributed by atoms with Crippen molar-refractivity contribution < 1.29 is 18.3 Å². The highest BCUT2D eigenvalue weighted by molar-refractivity contribution is 7.91. The van der Waals surface area contributed by atoms with Crippen molar-refractivity contribution in [2.45, 2.75) is 37.0 Å². The SMILES string of the molecule is O=C(O)c1ccc(S(=O)(=O)CC2CCCCC2)cc1. The molecule has 1 saturated carbocycles.